The van der Waals surface area contributed by atoms with E-state index >= 15 is 0 Å². The van der Waals surface area contributed by atoms with E-state index < -0.39 is 0 Å². The molecule has 0 atom stereocenters. The second kappa shape index (κ2) is 6.45. The number of benzene rings is 2. The van der Waals surface area contributed by atoms with Crippen molar-refractivity contribution in [1.82, 2.24) is 10.3 Å². The van der Waals surface area contributed by atoms with Gasteiger partial charge in [-0.25, -0.2) is 4.98 Å². The Balaban J connectivity index is 1.56. The molecule has 2 aromatic carbocycles. The Morgan fingerprint density at radius 3 is 2.75 bits per heavy atom. The van der Waals surface area contributed by atoms with Gasteiger partial charge in [-0.2, -0.15) is 0 Å². The normalized spacial score (nSPS) is 17.6. The summed E-state index contributed by atoms with van der Waals surface area (Å²) in [5, 5.41) is 4.03. The van der Waals surface area contributed by atoms with Gasteiger partial charge in [0.25, 0.3) is 5.91 Å². The van der Waals surface area contributed by atoms with E-state index in [1.807, 2.05) is 6.07 Å². The highest BCUT2D eigenvalue weighted by Gasteiger charge is 2.34. The van der Waals surface area contributed by atoms with Crippen molar-refractivity contribution in [2.75, 3.05) is 11.4 Å². The van der Waals surface area contributed by atoms with Crippen molar-refractivity contribution in [3.63, 3.8) is 0 Å². The van der Waals surface area contributed by atoms with Gasteiger partial charge in [-0.3, -0.25) is 4.79 Å². The van der Waals surface area contributed by atoms with E-state index in [-0.39, 0.29) is 11.4 Å². The van der Waals surface area contributed by atoms with Crippen molar-refractivity contribution in [2.24, 2.45) is 0 Å². The molecule has 0 unspecified atom stereocenters. The maximum absolute atomic E-state index is 12.5. The van der Waals surface area contributed by atoms with E-state index in [9.17, 15) is 4.79 Å². The van der Waals surface area contributed by atoms with E-state index in [2.05, 4.69) is 66.5 Å². The smallest absolute Gasteiger partial charge is 0.263 e. The molecule has 0 radical (unpaired) electrons. The van der Waals surface area contributed by atoms with Crippen molar-refractivity contribution in [3.8, 4) is 11.1 Å². The number of anilines is 2. The first-order valence-corrected chi connectivity index (χ1v) is 10.6. The fourth-order valence-electron chi connectivity index (χ4n) is 4.16. The molecule has 0 aliphatic carbocycles. The number of nitrogens with one attached hydrogen (secondary N) is 1. The van der Waals surface area contributed by atoms with Gasteiger partial charge in [0, 0.05) is 24.2 Å². The highest BCUT2D eigenvalue weighted by atomic mass is 32.1. The van der Waals surface area contributed by atoms with Gasteiger partial charge in [0.05, 0.1) is 5.69 Å². The summed E-state index contributed by atoms with van der Waals surface area (Å²) in [6.45, 7) is 5.03. The van der Waals surface area contributed by atoms with Gasteiger partial charge in [-0.15, -0.1) is 0 Å². The van der Waals surface area contributed by atoms with Crippen molar-refractivity contribution in [3.05, 3.63) is 64.7 Å². The summed E-state index contributed by atoms with van der Waals surface area (Å²) in [6.07, 6.45) is 2.95. The molecule has 142 valence electrons. The zero-order valence-electron chi connectivity index (χ0n) is 16.2. The van der Waals surface area contributed by atoms with Gasteiger partial charge in [0.15, 0.2) is 5.13 Å². The number of hydrogen-bond acceptors (Lipinski definition) is 4. The Morgan fingerprint density at radius 1 is 1.11 bits per heavy atom. The molecule has 1 N–H and O–H groups in total. The fraction of sp³-hybridized carbons (Fsp3) is 0.304. The molecule has 3 heterocycles. The summed E-state index contributed by atoms with van der Waals surface area (Å²) < 4.78 is 0. The Morgan fingerprint density at radius 2 is 1.93 bits per heavy atom. The molecule has 0 saturated heterocycles. The summed E-state index contributed by atoms with van der Waals surface area (Å²) in [7, 11) is 0. The first kappa shape index (κ1) is 17.4. The van der Waals surface area contributed by atoms with Gasteiger partial charge < -0.3 is 10.2 Å². The van der Waals surface area contributed by atoms with Crippen LogP contribution in [0.3, 0.4) is 0 Å². The number of amides is 1. The van der Waals surface area contributed by atoms with Crippen LogP contribution in [0.15, 0.2) is 48.5 Å². The molecule has 3 aromatic rings. The van der Waals surface area contributed by atoms with Crippen molar-refractivity contribution in [1.29, 1.82) is 0 Å². The van der Waals surface area contributed by atoms with Crippen LogP contribution in [0.25, 0.3) is 11.1 Å². The number of aromatic nitrogens is 1. The average molecular weight is 390 g/mol. The molecule has 0 bridgehead atoms. The lowest BCUT2D eigenvalue weighted by atomic mass is 9.94. The van der Waals surface area contributed by atoms with Crippen LogP contribution in [0.1, 0.15) is 41.2 Å². The number of fused-ring (bicyclic) bond motifs is 2. The highest BCUT2D eigenvalue weighted by Crippen LogP contribution is 2.40. The lowest BCUT2D eigenvalue weighted by Crippen LogP contribution is -2.48. The topological polar surface area (TPSA) is 45.2 Å². The monoisotopic (exact) mass is 389 g/mol. The van der Waals surface area contributed by atoms with Crippen molar-refractivity contribution < 1.29 is 4.79 Å². The molecule has 0 fully saturated rings. The number of carbonyl (C=O) groups is 1. The van der Waals surface area contributed by atoms with Crippen LogP contribution in [0.4, 0.5) is 10.8 Å². The lowest BCUT2D eigenvalue weighted by Gasteiger charge is -2.30. The van der Waals surface area contributed by atoms with Gasteiger partial charge in [0.2, 0.25) is 0 Å². The first-order valence-electron chi connectivity index (χ1n) is 9.78. The third-order valence-electron chi connectivity index (χ3n) is 5.50. The number of rotatable bonds is 2. The number of carbonyl (C=O) groups excluding carboxylic acids is 1. The quantitative estimate of drug-likeness (QED) is 0.674. The van der Waals surface area contributed by atoms with Gasteiger partial charge in [-0.1, -0.05) is 53.8 Å². The first-order chi connectivity index (χ1) is 13.5. The molecule has 1 aromatic heterocycles. The predicted octanol–water partition coefficient (Wildman–Crippen LogP) is 4.96. The van der Waals surface area contributed by atoms with E-state index in [1.165, 1.54) is 33.7 Å². The van der Waals surface area contributed by atoms with Crippen LogP contribution in [0.5, 0.6) is 0 Å². The number of thiazole rings is 1. The minimum atomic E-state index is -0.240. The van der Waals surface area contributed by atoms with Crippen molar-refractivity contribution in [2.45, 2.75) is 38.6 Å². The fourth-order valence-corrected chi connectivity index (χ4v) is 5.18. The van der Waals surface area contributed by atoms with Gasteiger partial charge in [-0.05, 0) is 49.4 Å². The highest BCUT2D eigenvalue weighted by molar-refractivity contribution is 7.17. The molecule has 0 spiro atoms. The Hall–Kier alpha value is -2.66. The summed E-state index contributed by atoms with van der Waals surface area (Å²) in [5.41, 5.74) is 5.69. The second-order valence-electron chi connectivity index (χ2n) is 8.25. The molecule has 4 nitrogen and oxygen atoms in total. The van der Waals surface area contributed by atoms with E-state index in [4.69, 9.17) is 4.98 Å². The predicted molar refractivity (Wildman–Crippen MR) is 115 cm³/mol. The van der Waals surface area contributed by atoms with Crippen LogP contribution in [0, 0.1) is 0 Å². The molecule has 5 rings (SSSR count). The van der Waals surface area contributed by atoms with Crippen LogP contribution < -0.4 is 10.2 Å². The zero-order chi connectivity index (χ0) is 19.3. The number of aryl methyl sites for hydroxylation is 1. The molecular weight excluding hydrogens is 366 g/mol. The minimum absolute atomic E-state index is 0.00488. The van der Waals surface area contributed by atoms with Crippen LogP contribution in [0.2, 0.25) is 0 Å². The van der Waals surface area contributed by atoms with Crippen LogP contribution in [-0.2, 0) is 12.8 Å². The molecule has 28 heavy (non-hydrogen) atoms. The molecular formula is C23H23N3OS. The maximum Gasteiger partial charge on any atom is 0.263 e. The van der Waals surface area contributed by atoms with Gasteiger partial charge in [0.1, 0.15) is 4.88 Å². The number of hydrogen-bond donors (Lipinski definition) is 1. The Kier molecular flexibility index (Phi) is 4.02. The third-order valence-corrected chi connectivity index (χ3v) is 6.61. The molecule has 1 amide bonds. The van der Waals surface area contributed by atoms with Crippen LogP contribution >= 0.6 is 11.3 Å². The Labute approximate surface area is 169 Å². The SMILES string of the molecule is CC1(C)Cc2nc(N3CCCc4ccc(-c5ccccc5)cc43)sc2C(=O)N1. The summed E-state index contributed by atoms with van der Waals surface area (Å²) in [5.74, 6) is 0.00488. The molecule has 2 aliphatic heterocycles. The summed E-state index contributed by atoms with van der Waals surface area (Å²) in [6, 6.07) is 17.2. The summed E-state index contributed by atoms with van der Waals surface area (Å²) in [4.78, 5) is 20.5. The van der Waals surface area contributed by atoms with E-state index in [0.29, 0.717) is 0 Å². The molecule has 0 saturated carbocycles. The average Bonchev–Trinajstić information content (AvgIpc) is 3.10. The third kappa shape index (κ3) is 3.00. The van der Waals surface area contributed by atoms with E-state index in [1.54, 1.807) is 0 Å². The largest absolute Gasteiger partial charge is 0.346 e. The second-order valence-corrected chi connectivity index (χ2v) is 9.23. The Bertz CT molecular complexity index is 1050. The maximum atomic E-state index is 12.5. The summed E-state index contributed by atoms with van der Waals surface area (Å²) >= 11 is 1.52. The lowest BCUT2D eigenvalue weighted by molar-refractivity contribution is 0.0901. The molecule has 5 heteroatoms. The van der Waals surface area contributed by atoms with E-state index in [0.717, 1.165) is 41.5 Å². The van der Waals surface area contributed by atoms with Crippen molar-refractivity contribution >= 4 is 28.1 Å². The minimum Gasteiger partial charge on any atom is -0.346 e. The van der Waals surface area contributed by atoms with Crippen LogP contribution in [-0.4, -0.2) is 23.0 Å². The van der Waals surface area contributed by atoms with Gasteiger partial charge >= 0.3 is 0 Å². The number of nitrogens with zero attached hydrogens (tertiary/aromatic N) is 2. The molecule has 2 aliphatic rings. The zero-order valence-corrected chi connectivity index (χ0v) is 17.0. The standard InChI is InChI=1S/C23H23N3OS/c1-23(2)14-18-20(21(27)25-23)28-22(24-18)26-12-6-9-16-10-11-17(13-19(16)26)15-7-4-3-5-8-15/h3-5,7-8,10-11,13H,6,9,12,14H2,1-2H3,(H,25,27).